The first-order valence-electron chi connectivity index (χ1n) is 7.35. The zero-order valence-electron chi connectivity index (χ0n) is 12.4. The highest BCUT2D eigenvalue weighted by Gasteiger charge is 2.17. The van der Waals surface area contributed by atoms with Crippen LogP contribution in [0.15, 0.2) is 35.4 Å². The first-order valence-corrected chi connectivity index (χ1v) is 8.17. The third-order valence-corrected chi connectivity index (χ3v) is 5.04. The number of thiophene rings is 1. The molecule has 22 heavy (non-hydrogen) atoms. The van der Waals surface area contributed by atoms with E-state index in [9.17, 15) is 9.18 Å². The smallest absolute Gasteiger partial charge is 0.266 e. The van der Waals surface area contributed by atoms with Crippen molar-refractivity contribution in [3.8, 4) is 0 Å². The van der Waals surface area contributed by atoms with Gasteiger partial charge < -0.3 is 0 Å². The van der Waals surface area contributed by atoms with E-state index in [1.54, 1.807) is 30.4 Å². The van der Waals surface area contributed by atoms with Crippen LogP contribution < -0.4 is 5.43 Å². The van der Waals surface area contributed by atoms with E-state index < -0.39 is 0 Å². The summed E-state index contributed by atoms with van der Waals surface area (Å²) >= 11 is 1.56. The number of aryl methyl sites for hydroxylation is 2. The molecule has 0 fully saturated rings. The summed E-state index contributed by atoms with van der Waals surface area (Å²) in [7, 11) is 0. The number of hydrogen-bond acceptors (Lipinski definition) is 3. The Morgan fingerprint density at radius 2 is 1.95 bits per heavy atom. The summed E-state index contributed by atoms with van der Waals surface area (Å²) in [6.07, 6.45) is 4.55. The van der Waals surface area contributed by atoms with E-state index >= 15 is 0 Å². The van der Waals surface area contributed by atoms with Gasteiger partial charge in [0.1, 0.15) is 5.82 Å². The zero-order chi connectivity index (χ0) is 15.5. The minimum Gasteiger partial charge on any atom is -0.266 e. The molecule has 1 heterocycles. The standard InChI is InChI=1S/C17H17FN2OS/c1-11(12-6-8-14(18)9-7-12)19-20-17(21)16-10-13-4-2-3-5-15(13)22-16/h6-10H,2-5H2,1H3,(H,20,21). The molecule has 0 atom stereocenters. The molecule has 0 saturated carbocycles. The van der Waals surface area contributed by atoms with Crippen LogP contribution in [-0.2, 0) is 12.8 Å². The first kappa shape index (κ1) is 14.9. The van der Waals surface area contributed by atoms with Crippen LogP contribution in [-0.4, -0.2) is 11.6 Å². The molecule has 0 radical (unpaired) electrons. The lowest BCUT2D eigenvalue weighted by Crippen LogP contribution is -2.18. The third kappa shape index (κ3) is 3.25. The van der Waals surface area contributed by atoms with Crippen molar-refractivity contribution in [2.75, 3.05) is 0 Å². The lowest BCUT2D eigenvalue weighted by atomic mass is 9.99. The van der Waals surface area contributed by atoms with Gasteiger partial charge in [0.2, 0.25) is 0 Å². The minimum atomic E-state index is -0.287. The Bertz CT molecular complexity index is 695. The van der Waals surface area contributed by atoms with Gasteiger partial charge in [-0.1, -0.05) is 12.1 Å². The maximum Gasteiger partial charge on any atom is 0.281 e. The summed E-state index contributed by atoms with van der Waals surface area (Å²) in [6, 6.07) is 8.03. The van der Waals surface area contributed by atoms with E-state index in [1.807, 2.05) is 6.07 Å². The third-order valence-electron chi connectivity index (χ3n) is 3.81. The largest absolute Gasteiger partial charge is 0.281 e. The highest BCUT2D eigenvalue weighted by atomic mass is 32.1. The summed E-state index contributed by atoms with van der Waals surface area (Å²) < 4.78 is 12.9. The van der Waals surface area contributed by atoms with Gasteiger partial charge in [0.05, 0.1) is 10.6 Å². The van der Waals surface area contributed by atoms with Crippen LogP contribution in [0, 0.1) is 5.82 Å². The normalized spacial score (nSPS) is 14.5. The summed E-state index contributed by atoms with van der Waals surface area (Å²) in [5, 5.41) is 4.11. The minimum absolute atomic E-state index is 0.180. The molecule has 5 heteroatoms. The SMILES string of the molecule is CC(=NNC(=O)c1cc2c(s1)CCCC2)c1ccc(F)cc1. The Labute approximate surface area is 132 Å². The van der Waals surface area contributed by atoms with Crippen molar-refractivity contribution in [2.45, 2.75) is 32.6 Å². The van der Waals surface area contributed by atoms with Crippen molar-refractivity contribution in [1.29, 1.82) is 0 Å². The number of fused-ring (bicyclic) bond motifs is 1. The average Bonchev–Trinajstić information content (AvgIpc) is 2.97. The lowest BCUT2D eigenvalue weighted by Gasteiger charge is -2.08. The Morgan fingerprint density at radius 1 is 1.23 bits per heavy atom. The number of benzene rings is 1. The number of nitrogens with zero attached hydrogens (tertiary/aromatic N) is 1. The summed E-state index contributed by atoms with van der Waals surface area (Å²) in [5.41, 5.74) is 5.33. The molecule has 1 aromatic carbocycles. The summed E-state index contributed by atoms with van der Waals surface area (Å²) in [4.78, 5) is 14.2. The van der Waals surface area contributed by atoms with E-state index in [0.29, 0.717) is 10.6 Å². The van der Waals surface area contributed by atoms with Gasteiger partial charge in [-0.05, 0) is 61.9 Å². The molecule has 1 aromatic heterocycles. The first-order chi connectivity index (χ1) is 10.6. The molecule has 1 aliphatic carbocycles. The number of hydrogen-bond donors (Lipinski definition) is 1. The highest BCUT2D eigenvalue weighted by molar-refractivity contribution is 7.14. The molecular formula is C17H17FN2OS. The number of halogens is 1. The van der Waals surface area contributed by atoms with Crippen molar-refractivity contribution in [3.63, 3.8) is 0 Å². The molecular weight excluding hydrogens is 299 g/mol. The quantitative estimate of drug-likeness (QED) is 0.677. The lowest BCUT2D eigenvalue weighted by molar-refractivity contribution is 0.0959. The average molecular weight is 316 g/mol. The Hall–Kier alpha value is -2.01. The van der Waals surface area contributed by atoms with Gasteiger partial charge in [-0.15, -0.1) is 11.3 Å². The van der Waals surface area contributed by atoms with Gasteiger partial charge in [-0.2, -0.15) is 5.10 Å². The van der Waals surface area contributed by atoms with Crippen LogP contribution in [0.5, 0.6) is 0 Å². The highest BCUT2D eigenvalue weighted by Crippen LogP contribution is 2.29. The predicted molar refractivity (Wildman–Crippen MR) is 87.0 cm³/mol. The van der Waals surface area contributed by atoms with E-state index in [1.165, 1.54) is 35.4 Å². The number of carbonyl (C=O) groups is 1. The molecule has 0 saturated heterocycles. The van der Waals surface area contributed by atoms with Crippen LogP contribution in [0.2, 0.25) is 0 Å². The second-order valence-electron chi connectivity index (χ2n) is 5.41. The Morgan fingerprint density at radius 3 is 2.68 bits per heavy atom. The molecule has 1 N–H and O–H groups in total. The second kappa shape index (κ2) is 6.40. The van der Waals surface area contributed by atoms with Crippen LogP contribution in [0.3, 0.4) is 0 Å². The van der Waals surface area contributed by atoms with E-state index in [-0.39, 0.29) is 11.7 Å². The van der Waals surface area contributed by atoms with Crippen molar-refractivity contribution in [1.82, 2.24) is 5.43 Å². The molecule has 2 aromatic rings. The van der Waals surface area contributed by atoms with Gasteiger partial charge >= 0.3 is 0 Å². The van der Waals surface area contributed by atoms with Crippen molar-refractivity contribution >= 4 is 23.0 Å². The van der Waals surface area contributed by atoms with Crippen LogP contribution in [0.1, 0.15) is 45.4 Å². The fraction of sp³-hybridized carbons (Fsp3) is 0.294. The van der Waals surface area contributed by atoms with Crippen LogP contribution in [0.25, 0.3) is 0 Å². The maximum absolute atomic E-state index is 12.9. The van der Waals surface area contributed by atoms with Crippen molar-refractivity contribution in [3.05, 3.63) is 57.0 Å². The molecule has 0 spiro atoms. The molecule has 1 aliphatic rings. The number of amides is 1. The summed E-state index contributed by atoms with van der Waals surface area (Å²) in [5.74, 6) is -0.467. The number of rotatable bonds is 3. The monoisotopic (exact) mass is 316 g/mol. The number of carbonyl (C=O) groups excluding carboxylic acids is 1. The summed E-state index contributed by atoms with van der Waals surface area (Å²) in [6.45, 7) is 1.78. The molecule has 3 rings (SSSR count). The Kier molecular flexibility index (Phi) is 4.34. The van der Waals surface area contributed by atoms with Gasteiger partial charge in [-0.25, -0.2) is 9.82 Å². The van der Waals surface area contributed by atoms with Gasteiger partial charge in [0, 0.05) is 4.88 Å². The van der Waals surface area contributed by atoms with Crippen molar-refractivity contribution < 1.29 is 9.18 Å². The molecule has 114 valence electrons. The molecule has 3 nitrogen and oxygen atoms in total. The zero-order valence-corrected chi connectivity index (χ0v) is 13.2. The van der Waals surface area contributed by atoms with Gasteiger partial charge in [0.15, 0.2) is 0 Å². The fourth-order valence-corrected chi connectivity index (χ4v) is 3.69. The molecule has 0 unspecified atom stereocenters. The second-order valence-corrected chi connectivity index (χ2v) is 6.55. The van der Waals surface area contributed by atoms with Crippen LogP contribution >= 0.6 is 11.3 Å². The van der Waals surface area contributed by atoms with E-state index in [2.05, 4.69) is 10.5 Å². The predicted octanol–water partition coefficient (Wildman–Crippen LogP) is 3.92. The van der Waals surface area contributed by atoms with Crippen LogP contribution in [0.4, 0.5) is 4.39 Å². The van der Waals surface area contributed by atoms with E-state index in [4.69, 9.17) is 0 Å². The van der Waals surface area contributed by atoms with Gasteiger partial charge in [0.25, 0.3) is 5.91 Å². The van der Waals surface area contributed by atoms with Crippen molar-refractivity contribution in [2.24, 2.45) is 5.10 Å². The molecule has 0 bridgehead atoms. The Balaban J connectivity index is 1.70. The molecule has 1 amide bonds. The topological polar surface area (TPSA) is 41.5 Å². The number of hydrazone groups is 1. The van der Waals surface area contributed by atoms with E-state index in [0.717, 1.165) is 18.4 Å². The number of nitrogens with one attached hydrogen (secondary N) is 1. The molecule has 0 aliphatic heterocycles. The maximum atomic E-state index is 12.9. The van der Waals surface area contributed by atoms with Gasteiger partial charge in [-0.3, -0.25) is 4.79 Å². The fourth-order valence-electron chi connectivity index (χ4n) is 2.55.